The molecule has 330 valence electrons. The van der Waals surface area contributed by atoms with Crippen molar-refractivity contribution in [3.63, 3.8) is 0 Å². The molecule has 0 unspecified atom stereocenters. The van der Waals surface area contributed by atoms with Crippen molar-refractivity contribution in [2.45, 2.75) is 19.3 Å². The summed E-state index contributed by atoms with van der Waals surface area (Å²) in [4.78, 5) is 86.8. The molecule has 10 rings (SSSR count). The maximum absolute atomic E-state index is 13.8. The Kier molecular flexibility index (Phi) is 10.6. The van der Waals surface area contributed by atoms with Gasteiger partial charge < -0.3 is 0 Å². The molecule has 3 saturated carbocycles. The van der Waals surface area contributed by atoms with E-state index in [2.05, 4.69) is 39.5 Å². The van der Waals surface area contributed by atoms with E-state index in [9.17, 15) is 28.8 Å². The molecule has 6 fully saturated rings. The molecular weight excluding hydrogens is 823 g/mol. The number of carbonyl (C=O) groups excluding carboxylic acids is 6. The first-order chi connectivity index (χ1) is 32.0. The molecule has 0 N–H and O–H groups in total. The summed E-state index contributed by atoms with van der Waals surface area (Å²) in [6, 6.07) is 28.4. The minimum Gasteiger partial charge on any atom is -0.274 e. The van der Waals surface area contributed by atoms with Crippen molar-refractivity contribution in [3.05, 3.63) is 167 Å². The van der Waals surface area contributed by atoms with Crippen LogP contribution < -0.4 is 14.7 Å². The third-order valence-corrected chi connectivity index (χ3v) is 15.7. The second kappa shape index (κ2) is 16.3. The van der Waals surface area contributed by atoms with Gasteiger partial charge in [-0.1, -0.05) is 72.9 Å². The molecule has 6 amide bonds. The maximum atomic E-state index is 13.8. The van der Waals surface area contributed by atoms with Gasteiger partial charge in [0.05, 0.1) is 52.6 Å². The smallest absolute Gasteiger partial charge is 0.238 e. The second-order valence-electron chi connectivity index (χ2n) is 18.7. The molecule has 4 aromatic carbocycles. The summed E-state index contributed by atoms with van der Waals surface area (Å²) < 4.78 is 0. The lowest BCUT2D eigenvalue weighted by molar-refractivity contribution is -0.124. The lowest BCUT2D eigenvalue weighted by Gasteiger charge is -2.20. The van der Waals surface area contributed by atoms with Gasteiger partial charge in [-0.25, -0.2) is 0 Å². The van der Waals surface area contributed by atoms with Crippen molar-refractivity contribution in [1.82, 2.24) is 0 Å². The quantitative estimate of drug-likeness (QED) is 0.104. The Hall–Kier alpha value is -7.26. The molecule has 3 aliphatic heterocycles. The molecule has 3 aliphatic carbocycles. The van der Waals surface area contributed by atoms with E-state index >= 15 is 0 Å². The van der Waals surface area contributed by atoms with Crippen LogP contribution in [-0.4, -0.2) is 35.4 Å². The van der Waals surface area contributed by atoms with Crippen molar-refractivity contribution >= 4 is 52.5 Å². The Labute approximate surface area is 385 Å². The minimum atomic E-state index is -0.460. The number of imide groups is 3. The number of allylic oxidation sites excluding steroid dienone is 6. The number of rotatable bonds is 12. The van der Waals surface area contributed by atoms with E-state index in [-0.39, 0.29) is 71.0 Å². The molecule has 3 saturated heterocycles. The van der Waals surface area contributed by atoms with E-state index < -0.39 is 35.5 Å². The normalized spacial score (nSPS) is 31.0. The van der Waals surface area contributed by atoms with Gasteiger partial charge in [-0.05, 0) is 143 Å². The summed E-state index contributed by atoms with van der Waals surface area (Å²) in [5, 5.41) is 0. The van der Waals surface area contributed by atoms with Gasteiger partial charge in [-0.15, -0.1) is 39.5 Å². The molecule has 9 heteroatoms. The van der Waals surface area contributed by atoms with Crippen molar-refractivity contribution < 1.29 is 28.8 Å². The Balaban J connectivity index is 0.991. The van der Waals surface area contributed by atoms with Crippen LogP contribution in [0.4, 0.5) is 17.1 Å². The van der Waals surface area contributed by atoms with Crippen LogP contribution in [-0.2, 0) is 28.8 Å². The topological polar surface area (TPSA) is 112 Å². The number of amides is 6. The fraction of sp³-hybridized carbons (Fsp3) is 0.263. The SMILES string of the molecule is C=C[C@@H]1C[C@H](C=C)[C@@H]2C(=O)N(c3ccc(-c4cc(-c5ccc(N6C(=O)[C@@H]7[C@H](C6=O)[C@H](C=C)C[C@@H]7C=C)cc5)cc(-c5ccc(N6C(=O)[C@@H]7[C@H](C6=O)[C@H](C=C)C[C@@H]7C=C)cc5)c4)cc3)C(=O)[C@@H]21. The van der Waals surface area contributed by atoms with Crippen LogP contribution in [0.25, 0.3) is 33.4 Å². The summed E-state index contributed by atoms with van der Waals surface area (Å²) in [5.74, 6) is -4.65. The number of hydrogen-bond acceptors (Lipinski definition) is 6. The summed E-state index contributed by atoms with van der Waals surface area (Å²) in [6.07, 6.45) is 12.7. The van der Waals surface area contributed by atoms with Crippen LogP contribution in [0.2, 0.25) is 0 Å². The summed E-state index contributed by atoms with van der Waals surface area (Å²) in [6.45, 7) is 23.7. The average molecular weight is 874 g/mol. The van der Waals surface area contributed by atoms with Crippen LogP contribution in [0, 0.1) is 71.0 Å². The molecule has 4 aromatic rings. The first-order valence-electron chi connectivity index (χ1n) is 22.8. The standard InChI is InChI=1S/C57H51N3O6/c1-7-31-25-32(8-2)47-46(31)52(61)58(53(47)62)43-19-13-37(14-20-43)40-28-41(38-15-21-44(22-16-38)59-54(63)48-33(9-3)26-34(10-4)49(48)55(59)64)30-42(29-40)39-17-23-45(24-18-39)60-56(65)50-35(11-5)27-36(12-6)51(50)57(60)66/h7-24,28-36,46-51H,1-6,25-27H2/t31-,32+,33-,34+,35-,36+,46-,47+,48-,49+,50-,51+. The minimum absolute atomic E-state index is 0.0986. The van der Waals surface area contributed by atoms with E-state index in [0.29, 0.717) is 36.3 Å². The van der Waals surface area contributed by atoms with E-state index in [1.807, 2.05) is 54.6 Å². The van der Waals surface area contributed by atoms with Crippen molar-refractivity contribution in [2.24, 2.45) is 71.0 Å². The lowest BCUT2D eigenvalue weighted by atomic mass is 9.89. The van der Waals surface area contributed by atoms with E-state index in [1.54, 1.807) is 72.9 Å². The predicted molar refractivity (Wildman–Crippen MR) is 257 cm³/mol. The highest BCUT2D eigenvalue weighted by molar-refractivity contribution is 6.24. The number of benzene rings is 4. The monoisotopic (exact) mass is 873 g/mol. The van der Waals surface area contributed by atoms with Crippen LogP contribution in [0.5, 0.6) is 0 Å². The highest BCUT2D eigenvalue weighted by Crippen LogP contribution is 2.52. The Morgan fingerprint density at radius 3 is 0.652 bits per heavy atom. The molecule has 9 nitrogen and oxygen atoms in total. The Bertz CT molecular complexity index is 2390. The zero-order valence-electron chi connectivity index (χ0n) is 36.7. The Morgan fingerprint density at radius 1 is 0.303 bits per heavy atom. The third kappa shape index (κ3) is 6.34. The number of hydrogen-bond donors (Lipinski definition) is 0. The predicted octanol–water partition coefficient (Wildman–Crippen LogP) is 10.0. The van der Waals surface area contributed by atoms with Gasteiger partial charge in [0.2, 0.25) is 35.4 Å². The average Bonchev–Trinajstić information content (AvgIpc) is 4.17. The number of anilines is 3. The van der Waals surface area contributed by atoms with Crippen LogP contribution in [0.3, 0.4) is 0 Å². The largest absolute Gasteiger partial charge is 0.274 e. The summed E-state index contributed by atoms with van der Waals surface area (Å²) in [5.41, 5.74) is 6.56. The third-order valence-electron chi connectivity index (χ3n) is 15.7. The number of fused-ring (bicyclic) bond motifs is 3. The molecule has 0 radical (unpaired) electrons. The molecule has 6 aliphatic rings. The van der Waals surface area contributed by atoms with Gasteiger partial charge in [0, 0.05) is 0 Å². The molecule has 0 bridgehead atoms. The van der Waals surface area contributed by atoms with Gasteiger partial charge >= 0.3 is 0 Å². The van der Waals surface area contributed by atoms with Gasteiger partial charge in [0.1, 0.15) is 0 Å². The molecule has 0 spiro atoms. The Morgan fingerprint density at radius 2 is 0.485 bits per heavy atom. The van der Waals surface area contributed by atoms with Crippen molar-refractivity contribution in [2.75, 3.05) is 14.7 Å². The second-order valence-corrected chi connectivity index (χ2v) is 18.7. The molecule has 66 heavy (non-hydrogen) atoms. The van der Waals surface area contributed by atoms with Gasteiger partial charge in [-0.2, -0.15) is 0 Å². The molecule has 3 heterocycles. The van der Waals surface area contributed by atoms with E-state index in [4.69, 9.17) is 0 Å². The van der Waals surface area contributed by atoms with Crippen molar-refractivity contribution in [1.29, 1.82) is 0 Å². The van der Waals surface area contributed by atoms with Crippen LogP contribution in [0.15, 0.2) is 167 Å². The van der Waals surface area contributed by atoms with Gasteiger partial charge in [0.15, 0.2) is 0 Å². The maximum Gasteiger partial charge on any atom is 0.238 e. The zero-order chi connectivity index (χ0) is 46.3. The number of nitrogens with zero attached hydrogens (tertiary/aromatic N) is 3. The highest BCUT2D eigenvalue weighted by Gasteiger charge is 2.59. The zero-order valence-corrected chi connectivity index (χ0v) is 36.7. The first-order valence-corrected chi connectivity index (χ1v) is 22.8. The van der Waals surface area contributed by atoms with Gasteiger partial charge in [-0.3, -0.25) is 43.5 Å². The fourth-order valence-electron chi connectivity index (χ4n) is 12.4. The van der Waals surface area contributed by atoms with Gasteiger partial charge in [0.25, 0.3) is 0 Å². The molecular formula is C57H51N3O6. The van der Waals surface area contributed by atoms with E-state index in [0.717, 1.165) is 33.4 Å². The van der Waals surface area contributed by atoms with Crippen LogP contribution >= 0.6 is 0 Å². The fourth-order valence-corrected chi connectivity index (χ4v) is 12.4. The summed E-state index contributed by atoms with van der Waals surface area (Å²) in [7, 11) is 0. The molecule has 12 atom stereocenters. The lowest BCUT2D eigenvalue weighted by Crippen LogP contribution is -2.33. The highest BCUT2D eigenvalue weighted by atomic mass is 16.2. The molecule has 0 aromatic heterocycles. The van der Waals surface area contributed by atoms with E-state index in [1.165, 1.54) is 14.7 Å². The van der Waals surface area contributed by atoms with Crippen LogP contribution in [0.1, 0.15) is 19.3 Å². The summed E-state index contributed by atoms with van der Waals surface area (Å²) >= 11 is 0. The first kappa shape index (κ1) is 42.7. The van der Waals surface area contributed by atoms with Crippen molar-refractivity contribution in [3.8, 4) is 33.4 Å². The number of carbonyl (C=O) groups is 6.